The molecule has 136 valence electrons. The molecule has 6 heteroatoms. The van der Waals surface area contributed by atoms with Crippen LogP contribution in [0, 0.1) is 0 Å². The Morgan fingerprint density at radius 3 is 2.48 bits per heavy atom. The fourth-order valence-electron chi connectivity index (χ4n) is 2.82. The van der Waals surface area contributed by atoms with Crippen molar-refractivity contribution in [2.45, 2.75) is 26.2 Å². The molecule has 0 bridgehead atoms. The molecule has 0 aliphatic carbocycles. The maximum Gasteiger partial charge on any atom is 0.291 e. The van der Waals surface area contributed by atoms with Crippen molar-refractivity contribution in [3.05, 3.63) is 79.0 Å². The van der Waals surface area contributed by atoms with Crippen LogP contribution in [0.15, 0.2) is 57.8 Å². The smallest absolute Gasteiger partial charge is 0.266 e. The predicted molar refractivity (Wildman–Crippen MR) is 114 cm³/mol. The van der Waals surface area contributed by atoms with Crippen LogP contribution in [0.25, 0.3) is 22.4 Å². The minimum Gasteiger partial charge on any atom is -0.266 e. The Labute approximate surface area is 169 Å². The molecule has 0 N–H and O–H groups in total. The van der Waals surface area contributed by atoms with Crippen LogP contribution in [0.3, 0.4) is 0 Å². The molecule has 27 heavy (non-hydrogen) atoms. The summed E-state index contributed by atoms with van der Waals surface area (Å²) in [7, 11) is 0. The molecule has 0 radical (unpaired) electrons. The summed E-state index contributed by atoms with van der Waals surface area (Å²) in [6, 6.07) is 16.0. The van der Waals surface area contributed by atoms with Crippen molar-refractivity contribution in [3.8, 4) is 11.4 Å². The molecule has 2 aromatic heterocycles. The molecule has 4 rings (SSSR count). The van der Waals surface area contributed by atoms with E-state index >= 15 is 0 Å². The normalized spacial score (nSPS) is 12.8. The lowest BCUT2D eigenvalue weighted by molar-refractivity contribution is 0.590. The molecule has 0 aliphatic heterocycles. The van der Waals surface area contributed by atoms with Crippen LogP contribution >= 0.6 is 27.3 Å². The lowest BCUT2D eigenvalue weighted by atomic mass is 9.87. The van der Waals surface area contributed by atoms with Gasteiger partial charge in [-0.2, -0.15) is 9.50 Å². The van der Waals surface area contributed by atoms with Gasteiger partial charge in [-0.15, -0.1) is 5.10 Å². The molecule has 0 spiro atoms. The SMILES string of the molecule is CC(C)(C)c1ccc(-c2nc3s/c(=C\c4cccc(Br)c4)c(=O)n3n2)cc1. The van der Waals surface area contributed by atoms with Gasteiger partial charge < -0.3 is 0 Å². The molecule has 2 aromatic carbocycles. The van der Waals surface area contributed by atoms with E-state index in [2.05, 4.69) is 58.9 Å². The average molecular weight is 440 g/mol. The van der Waals surface area contributed by atoms with E-state index in [0.717, 1.165) is 15.6 Å². The molecule has 0 atom stereocenters. The first kappa shape index (κ1) is 18.1. The Morgan fingerprint density at radius 1 is 1.11 bits per heavy atom. The highest BCUT2D eigenvalue weighted by molar-refractivity contribution is 9.10. The van der Waals surface area contributed by atoms with Gasteiger partial charge in [0, 0.05) is 10.0 Å². The number of nitrogens with zero attached hydrogens (tertiary/aromatic N) is 3. The zero-order valence-corrected chi connectivity index (χ0v) is 17.6. The minimum absolute atomic E-state index is 0.0971. The summed E-state index contributed by atoms with van der Waals surface area (Å²) in [5.41, 5.74) is 3.09. The van der Waals surface area contributed by atoms with Gasteiger partial charge in [-0.1, -0.05) is 84.4 Å². The molecule has 0 saturated carbocycles. The Hall–Kier alpha value is -2.31. The molecule has 0 unspecified atom stereocenters. The molecule has 0 saturated heterocycles. The van der Waals surface area contributed by atoms with E-state index < -0.39 is 0 Å². The maximum absolute atomic E-state index is 12.7. The fourth-order valence-corrected chi connectivity index (χ4v) is 4.15. The molecule has 0 amide bonds. The number of hydrogen-bond donors (Lipinski definition) is 0. The summed E-state index contributed by atoms with van der Waals surface area (Å²) < 4.78 is 2.99. The predicted octanol–water partition coefficient (Wildman–Crippen LogP) is 4.43. The van der Waals surface area contributed by atoms with Crippen molar-refractivity contribution in [1.29, 1.82) is 0 Å². The Balaban J connectivity index is 1.74. The van der Waals surface area contributed by atoms with Gasteiger partial charge in [0.25, 0.3) is 5.56 Å². The van der Waals surface area contributed by atoms with Gasteiger partial charge in [-0.3, -0.25) is 4.79 Å². The number of hydrogen-bond acceptors (Lipinski definition) is 4. The van der Waals surface area contributed by atoms with Crippen molar-refractivity contribution in [1.82, 2.24) is 14.6 Å². The third-order valence-corrected chi connectivity index (χ3v) is 5.79. The fraction of sp³-hybridized carbons (Fsp3) is 0.190. The largest absolute Gasteiger partial charge is 0.291 e. The summed E-state index contributed by atoms with van der Waals surface area (Å²) in [5, 5.41) is 4.43. The van der Waals surface area contributed by atoms with Crippen LogP contribution in [-0.2, 0) is 5.41 Å². The van der Waals surface area contributed by atoms with Gasteiger partial charge in [0.2, 0.25) is 4.96 Å². The van der Waals surface area contributed by atoms with E-state index in [0.29, 0.717) is 15.3 Å². The second-order valence-electron chi connectivity index (χ2n) is 7.43. The molecule has 4 aromatic rings. The highest BCUT2D eigenvalue weighted by Crippen LogP contribution is 2.25. The van der Waals surface area contributed by atoms with Crippen LogP contribution in [0.1, 0.15) is 31.9 Å². The van der Waals surface area contributed by atoms with Crippen LogP contribution < -0.4 is 10.1 Å². The summed E-state index contributed by atoms with van der Waals surface area (Å²) >= 11 is 4.80. The number of thiazole rings is 1. The van der Waals surface area contributed by atoms with Gasteiger partial charge in [0.15, 0.2) is 5.82 Å². The zero-order chi connectivity index (χ0) is 19.2. The topological polar surface area (TPSA) is 47.3 Å². The van der Waals surface area contributed by atoms with E-state index in [9.17, 15) is 4.79 Å². The Bertz CT molecular complexity index is 1230. The van der Waals surface area contributed by atoms with Gasteiger partial charge in [-0.05, 0) is 34.8 Å². The molecule has 4 nitrogen and oxygen atoms in total. The molecule has 0 aliphatic rings. The van der Waals surface area contributed by atoms with Crippen molar-refractivity contribution < 1.29 is 0 Å². The first-order valence-corrected chi connectivity index (χ1v) is 10.2. The lowest BCUT2D eigenvalue weighted by Gasteiger charge is -2.18. The van der Waals surface area contributed by atoms with Crippen LogP contribution in [-0.4, -0.2) is 14.6 Å². The molecular formula is C21H18BrN3OS. The van der Waals surface area contributed by atoms with Crippen molar-refractivity contribution in [2.75, 3.05) is 0 Å². The summed E-state index contributed by atoms with van der Waals surface area (Å²) in [4.78, 5) is 17.8. The summed E-state index contributed by atoms with van der Waals surface area (Å²) in [5.74, 6) is 0.577. The number of benzene rings is 2. The Kier molecular flexibility index (Phi) is 4.48. The highest BCUT2D eigenvalue weighted by atomic mass is 79.9. The van der Waals surface area contributed by atoms with Gasteiger partial charge >= 0.3 is 0 Å². The zero-order valence-electron chi connectivity index (χ0n) is 15.2. The van der Waals surface area contributed by atoms with Gasteiger partial charge in [0.1, 0.15) is 0 Å². The minimum atomic E-state index is -0.139. The maximum atomic E-state index is 12.7. The summed E-state index contributed by atoms with van der Waals surface area (Å²) in [6.45, 7) is 6.54. The van der Waals surface area contributed by atoms with Crippen molar-refractivity contribution in [3.63, 3.8) is 0 Å². The number of fused-ring (bicyclic) bond motifs is 1. The average Bonchev–Trinajstić information content (AvgIpc) is 3.15. The summed E-state index contributed by atoms with van der Waals surface area (Å²) in [6.07, 6.45) is 1.87. The lowest BCUT2D eigenvalue weighted by Crippen LogP contribution is -2.23. The third kappa shape index (κ3) is 3.59. The number of halogens is 1. The number of aromatic nitrogens is 3. The monoisotopic (exact) mass is 439 g/mol. The second-order valence-corrected chi connectivity index (χ2v) is 9.35. The standard InChI is InChI=1S/C21H18BrN3OS/c1-21(2,3)15-9-7-14(8-10-15)18-23-20-25(24-18)19(26)17(27-20)12-13-5-4-6-16(22)11-13/h4-12H,1-3H3/b17-12-. The van der Waals surface area contributed by atoms with E-state index in [1.165, 1.54) is 21.4 Å². The van der Waals surface area contributed by atoms with Gasteiger partial charge in [-0.25, -0.2) is 0 Å². The first-order chi connectivity index (χ1) is 12.8. The second kappa shape index (κ2) is 6.69. The van der Waals surface area contributed by atoms with E-state index in [-0.39, 0.29) is 11.0 Å². The van der Waals surface area contributed by atoms with Crippen molar-refractivity contribution >= 4 is 38.3 Å². The van der Waals surface area contributed by atoms with Crippen LogP contribution in [0.2, 0.25) is 0 Å². The van der Waals surface area contributed by atoms with E-state index in [4.69, 9.17) is 0 Å². The van der Waals surface area contributed by atoms with E-state index in [1.54, 1.807) is 0 Å². The molecule has 2 heterocycles. The quantitative estimate of drug-likeness (QED) is 0.464. The van der Waals surface area contributed by atoms with Crippen LogP contribution in [0.4, 0.5) is 0 Å². The molecule has 0 fully saturated rings. The number of rotatable bonds is 2. The third-order valence-electron chi connectivity index (χ3n) is 4.34. The van der Waals surface area contributed by atoms with Gasteiger partial charge in [0.05, 0.1) is 4.53 Å². The Morgan fingerprint density at radius 2 is 1.85 bits per heavy atom. The highest BCUT2D eigenvalue weighted by Gasteiger charge is 2.15. The first-order valence-electron chi connectivity index (χ1n) is 8.59. The van der Waals surface area contributed by atoms with Crippen LogP contribution in [0.5, 0.6) is 0 Å². The van der Waals surface area contributed by atoms with Crippen molar-refractivity contribution in [2.24, 2.45) is 0 Å². The molecular weight excluding hydrogens is 422 g/mol. The van der Waals surface area contributed by atoms with E-state index in [1.807, 2.05) is 42.5 Å².